The van der Waals surface area contributed by atoms with Gasteiger partial charge in [0.1, 0.15) is 6.17 Å². The normalized spacial score (nSPS) is 28.2. The van der Waals surface area contributed by atoms with Crippen molar-refractivity contribution >= 4 is 17.2 Å². The smallest absolute Gasteiger partial charge is 0.244 e. The Morgan fingerprint density at radius 2 is 2.16 bits per heavy atom. The fourth-order valence-corrected chi connectivity index (χ4v) is 3.26. The second-order valence-electron chi connectivity index (χ2n) is 6.74. The fourth-order valence-electron chi connectivity index (χ4n) is 2.47. The van der Waals surface area contributed by atoms with Crippen LogP contribution in [0.15, 0.2) is 17.5 Å². The van der Waals surface area contributed by atoms with Gasteiger partial charge in [0, 0.05) is 11.4 Å². The summed E-state index contributed by atoms with van der Waals surface area (Å²) in [5, 5.41) is 5.60. The maximum atomic E-state index is 12.7. The minimum absolute atomic E-state index is 0.0247. The molecule has 0 spiro atoms. The molecule has 2 heterocycles. The Kier molecular flexibility index (Phi) is 3.76. The summed E-state index contributed by atoms with van der Waals surface area (Å²) in [6, 6.07) is 4.15. The van der Waals surface area contributed by atoms with Gasteiger partial charge in [-0.05, 0) is 30.2 Å². The molecule has 2 atom stereocenters. The van der Waals surface area contributed by atoms with Crippen molar-refractivity contribution in [2.45, 2.75) is 52.7 Å². The van der Waals surface area contributed by atoms with Crippen LogP contribution in [-0.2, 0) is 4.79 Å². The number of nitrogens with one attached hydrogen (secondary N) is 1. The van der Waals surface area contributed by atoms with Gasteiger partial charge in [-0.2, -0.15) is 0 Å². The van der Waals surface area contributed by atoms with Crippen LogP contribution in [0.25, 0.3) is 0 Å². The zero-order valence-corrected chi connectivity index (χ0v) is 13.3. The van der Waals surface area contributed by atoms with Crippen LogP contribution < -0.4 is 5.32 Å². The molecule has 2 rings (SSSR count). The number of rotatable bonds is 3. The van der Waals surface area contributed by atoms with Crippen LogP contribution in [-0.4, -0.2) is 22.9 Å². The van der Waals surface area contributed by atoms with Gasteiger partial charge in [0.15, 0.2) is 0 Å². The lowest BCUT2D eigenvalue weighted by atomic mass is 9.94. The summed E-state index contributed by atoms with van der Waals surface area (Å²) in [4.78, 5) is 15.9. The van der Waals surface area contributed by atoms with Crippen molar-refractivity contribution in [3.63, 3.8) is 0 Å². The molecule has 0 saturated carbocycles. The Morgan fingerprint density at radius 1 is 1.47 bits per heavy atom. The van der Waals surface area contributed by atoms with Crippen molar-refractivity contribution in [2.75, 3.05) is 6.54 Å². The topological polar surface area (TPSA) is 32.3 Å². The monoisotopic (exact) mass is 280 g/mol. The van der Waals surface area contributed by atoms with Crippen LogP contribution in [0.3, 0.4) is 0 Å². The first-order valence-corrected chi connectivity index (χ1v) is 7.77. The van der Waals surface area contributed by atoms with Gasteiger partial charge in [0.25, 0.3) is 0 Å². The average molecular weight is 280 g/mol. The molecule has 0 aliphatic carbocycles. The van der Waals surface area contributed by atoms with E-state index in [1.54, 1.807) is 11.3 Å². The van der Waals surface area contributed by atoms with E-state index in [0.29, 0.717) is 0 Å². The highest BCUT2D eigenvalue weighted by molar-refractivity contribution is 7.10. The molecule has 1 aliphatic heterocycles. The van der Waals surface area contributed by atoms with E-state index in [1.807, 2.05) is 17.9 Å². The van der Waals surface area contributed by atoms with Crippen LogP contribution in [0.1, 0.15) is 52.1 Å². The Morgan fingerprint density at radius 3 is 2.63 bits per heavy atom. The number of hydrogen-bond acceptors (Lipinski definition) is 3. The Bertz CT molecular complexity index is 449. The molecule has 4 heteroatoms. The quantitative estimate of drug-likeness (QED) is 0.920. The molecule has 3 nitrogen and oxygen atoms in total. The molecule has 1 aromatic heterocycles. The minimum atomic E-state index is -0.431. The number of carbonyl (C=O) groups is 1. The molecular weight excluding hydrogens is 256 g/mol. The Hall–Kier alpha value is -0.870. The lowest BCUT2D eigenvalue weighted by Gasteiger charge is -2.30. The number of thiophene rings is 1. The summed E-state index contributed by atoms with van der Waals surface area (Å²) in [7, 11) is 0. The standard InChI is InChI=1S/C15H24N2OS/c1-6-15(5)13(18)17(10-14(2,3)4)12(16-15)11-8-7-9-19-11/h7-9,12,16H,6,10H2,1-5H3. The SMILES string of the molecule is CCC1(C)NC(c2cccs2)N(CC(C)(C)C)C1=O. The predicted molar refractivity (Wildman–Crippen MR) is 80.1 cm³/mol. The van der Waals surface area contributed by atoms with E-state index < -0.39 is 5.54 Å². The van der Waals surface area contributed by atoms with Crippen molar-refractivity contribution in [3.8, 4) is 0 Å². The fraction of sp³-hybridized carbons (Fsp3) is 0.667. The van der Waals surface area contributed by atoms with Crippen LogP contribution >= 0.6 is 11.3 Å². The highest BCUT2D eigenvalue weighted by Gasteiger charge is 2.48. The lowest BCUT2D eigenvalue weighted by molar-refractivity contribution is -0.134. The number of nitrogens with zero attached hydrogens (tertiary/aromatic N) is 1. The van der Waals surface area contributed by atoms with E-state index in [9.17, 15) is 4.79 Å². The van der Waals surface area contributed by atoms with Crippen LogP contribution in [0.4, 0.5) is 0 Å². The summed E-state index contributed by atoms with van der Waals surface area (Å²) < 4.78 is 0. The molecule has 0 bridgehead atoms. The van der Waals surface area contributed by atoms with Crippen LogP contribution in [0.5, 0.6) is 0 Å². The number of hydrogen-bond donors (Lipinski definition) is 1. The second-order valence-corrected chi connectivity index (χ2v) is 7.72. The third-order valence-electron chi connectivity index (χ3n) is 3.66. The summed E-state index contributed by atoms with van der Waals surface area (Å²) in [6.45, 7) is 11.4. The van der Waals surface area contributed by atoms with Crippen molar-refractivity contribution in [3.05, 3.63) is 22.4 Å². The zero-order valence-electron chi connectivity index (χ0n) is 12.5. The van der Waals surface area contributed by atoms with Crippen LogP contribution in [0, 0.1) is 5.41 Å². The number of amides is 1. The second kappa shape index (κ2) is 4.91. The van der Waals surface area contributed by atoms with E-state index in [1.165, 1.54) is 4.88 Å². The first-order valence-electron chi connectivity index (χ1n) is 6.89. The summed E-state index contributed by atoms with van der Waals surface area (Å²) in [5.74, 6) is 0.225. The van der Waals surface area contributed by atoms with E-state index >= 15 is 0 Å². The van der Waals surface area contributed by atoms with Crippen molar-refractivity contribution < 1.29 is 4.79 Å². The average Bonchev–Trinajstić information content (AvgIpc) is 2.90. The van der Waals surface area contributed by atoms with E-state index in [2.05, 4.69) is 44.5 Å². The molecule has 0 radical (unpaired) electrons. The first kappa shape index (κ1) is 14.5. The highest BCUT2D eigenvalue weighted by Crippen LogP contribution is 2.36. The maximum absolute atomic E-state index is 12.7. The summed E-state index contributed by atoms with van der Waals surface area (Å²) in [5.41, 5.74) is -0.328. The predicted octanol–water partition coefficient (Wildman–Crippen LogP) is 3.39. The Labute approximate surface area is 120 Å². The maximum Gasteiger partial charge on any atom is 0.244 e. The van der Waals surface area contributed by atoms with Gasteiger partial charge in [-0.25, -0.2) is 0 Å². The van der Waals surface area contributed by atoms with E-state index in [-0.39, 0.29) is 17.5 Å². The van der Waals surface area contributed by atoms with Gasteiger partial charge in [-0.3, -0.25) is 10.1 Å². The van der Waals surface area contributed by atoms with E-state index in [4.69, 9.17) is 0 Å². The van der Waals surface area contributed by atoms with Gasteiger partial charge in [0.05, 0.1) is 5.54 Å². The Balaban J connectivity index is 2.32. The molecule has 1 amide bonds. The molecule has 1 N–H and O–H groups in total. The third-order valence-corrected chi connectivity index (χ3v) is 4.59. The van der Waals surface area contributed by atoms with Gasteiger partial charge < -0.3 is 4.90 Å². The molecule has 1 saturated heterocycles. The van der Waals surface area contributed by atoms with E-state index in [0.717, 1.165) is 13.0 Å². The largest absolute Gasteiger partial charge is 0.320 e. The van der Waals surface area contributed by atoms with Gasteiger partial charge in [-0.15, -0.1) is 11.3 Å². The molecule has 0 aromatic carbocycles. The molecular formula is C15H24N2OS. The third kappa shape index (κ3) is 2.84. The van der Waals surface area contributed by atoms with Crippen molar-refractivity contribution in [1.29, 1.82) is 0 Å². The van der Waals surface area contributed by atoms with Crippen molar-refractivity contribution in [1.82, 2.24) is 10.2 Å². The summed E-state index contributed by atoms with van der Waals surface area (Å²) in [6.07, 6.45) is 0.839. The molecule has 2 unspecified atom stereocenters. The highest BCUT2D eigenvalue weighted by atomic mass is 32.1. The molecule has 1 aliphatic rings. The lowest BCUT2D eigenvalue weighted by Crippen LogP contribution is -2.43. The summed E-state index contributed by atoms with van der Waals surface area (Å²) >= 11 is 1.71. The van der Waals surface area contributed by atoms with Crippen molar-refractivity contribution in [2.24, 2.45) is 5.41 Å². The van der Waals surface area contributed by atoms with Gasteiger partial charge in [-0.1, -0.05) is 33.8 Å². The number of carbonyl (C=O) groups excluding carboxylic acids is 1. The first-order chi connectivity index (χ1) is 8.77. The zero-order chi connectivity index (χ0) is 14.3. The van der Waals surface area contributed by atoms with Gasteiger partial charge in [0.2, 0.25) is 5.91 Å². The molecule has 1 fully saturated rings. The van der Waals surface area contributed by atoms with Gasteiger partial charge >= 0.3 is 0 Å². The molecule has 1 aromatic rings. The molecule has 106 valence electrons. The molecule has 19 heavy (non-hydrogen) atoms. The van der Waals surface area contributed by atoms with Crippen LogP contribution in [0.2, 0.25) is 0 Å². The minimum Gasteiger partial charge on any atom is -0.320 e.